The third-order valence-electron chi connectivity index (χ3n) is 2.89. The second-order valence-corrected chi connectivity index (χ2v) is 4.69. The molecule has 124 valence electrons. The number of hydrazone groups is 1. The summed E-state index contributed by atoms with van der Waals surface area (Å²) in [6.45, 7) is 1.49. The summed E-state index contributed by atoms with van der Waals surface area (Å²) in [5, 5.41) is 15.0. The molecule has 0 aliphatic rings. The lowest BCUT2D eigenvalue weighted by atomic mass is 10.1. The van der Waals surface area contributed by atoms with Gasteiger partial charge in [-0.2, -0.15) is 5.10 Å². The predicted molar refractivity (Wildman–Crippen MR) is 80.7 cm³/mol. The zero-order valence-electron chi connectivity index (χ0n) is 12.4. The molecule has 9 heteroatoms. The number of hydrogen-bond donors (Lipinski definition) is 3. The van der Waals surface area contributed by atoms with Gasteiger partial charge in [0.1, 0.15) is 22.9 Å². The number of carbonyl (C=O) groups is 2. The predicted octanol–water partition coefficient (Wildman–Crippen LogP) is 2.02. The Kier molecular flexibility index (Phi) is 5.15. The Morgan fingerprint density at radius 3 is 2.50 bits per heavy atom. The molecule has 2 rings (SSSR count). The van der Waals surface area contributed by atoms with E-state index in [1.165, 1.54) is 25.3 Å². The number of aromatic nitrogens is 1. The van der Waals surface area contributed by atoms with Crippen LogP contribution in [0.5, 0.6) is 0 Å². The summed E-state index contributed by atoms with van der Waals surface area (Å²) in [6, 6.07) is 4.60. The van der Waals surface area contributed by atoms with Crippen molar-refractivity contribution in [1.29, 1.82) is 0 Å². The molecule has 2 aromatic rings. The number of rotatable bonds is 4. The molecule has 0 aliphatic carbocycles. The molecular weight excluding hydrogens is 322 g/mol. The summed E-state index contributed by atoms with van der Waals surface area (Å²) in [6.07, 6.45) is 1.51. The zero-order valence-corrected chi connectivity index (χ0v) is 12.4. The van der Waals surface area contributed by atoms with Crippen molar-refractivity contribution in [1.82, 2.24) is 5.43 Å². The van der Waals surface area contributed by atoms with E-state index in [0.29, 0.717) is 6.07 Å². The van der Waals surface area contributed by atoms with Gasteiger partial charge in [0.05, 0.1) is 0 Å². The van der Waals surface area contributed by atoms with Crippen molar-refractivity contribution in [2.45, 2.75) is 6.92 Å². The molecule has 4 N–H and O–H groups in total. The van der Waals surface area contributed by atoms with Crippen LogP contribution in [-0.2, 0) is 0 Å². The van der Waals surface area contributed by atoms with E-state index in [2.05, 4.69) is 20.8 Å². The van der Waals surface area contributed by atoms with E-state index >= 15 is 0 Å². The number of aromatic amines is 1. The van der Waals surface area contributed by atoms with Gasteiger partial charge in [-0.25, -0.2) is 28.8 Å². The number of hydrogen-bond acceptors (Lipinski definition) is 3. The highest BCUT2D eigenvalue weighted by Gasteiger charge is 2.18. The molecule has 7 nitrogen and oxygen atoms in total. The highest BCUT2D eigenvalue weighted by molar-refractivity contribution is 6.05. The van der Waals surface area contributed by atoms with E-state index in [1.807, 2.05) is 0 Å². The number of nitrogens with one attached hydrogen (secondary N) is 3. The molecule has 1 heterocycles. The third kappa shape index (κ3) is 4.32. The maximum Gasteiger partial charge on any atom is 0.342 e. The van der Waals surface area contributed by atoms with E-state index in [-0.39, 0.29) is 22.7 Å². The van der Waals surface area contributed by atoms with E-state index < -0.39 is 23.6 Å². The number of nitrogens with zero attached hydrogens (tertiary/aromatic N) is 1. The number of carbonyl (C=O) groups excluding carboxylic acids is 1. The van der Waals surface area contributed by atoms with E-state index in [0.717, 1.165) is 12.1 Å². The quantitative estimate of drug-likeness (QED) is 0.588. The van der Waals surface area contributed by atoms with Crippen LogP contribution in [0.4, 0.5) is 19.3 Å². The fourth-order valence-corrected chi connectivity index (χ4v) is 1.89. The number of anilines is 1. The minimum Gasteiger partial charge on any atom is -0.477 e. The minimum absolute atomic E-state index is 0.0202. The molecular formula is C15H13F2N4O3+. The maximum atomic E-state index is 13.0. The summed E-state index contributed by atoms with van der Waals surface area (Å²) >= 11 is 0. The zero-order chi connectivity index (χ0) is 17.7. The fourth-order valence-electron chi connectivity index (χ4n) is 1.89. The van der Waals surface area contributed by atoms with Crippen molar-refractivity contribution in [3.63, 3.8) is 0 Å². The lowest BCUT2D eigenvalue weighted by Crippen LogP contribution is -2.27. The first-order valence-electron chi connectivity index (χ1n) is 6.68. The van der Waals surface area contributed by atoms with E-state index in [4.69, 9.17) is 5.11 Å². The Labute approximate surface area is 135 Å². The molecule has 24 heavy (non-hydrogen) atoms. The van der Waals surface area contributed by atoms with Crippen LogP contribution in [0.3, 0.4) is 0 Å². The number of carboxylic acids is 1. The molecule has 0 spiro atoms. The fraction of sp³-hybridized carbons (Fsp3) is 0.0667. The molecule has 0 radical (unpaired) electrons. The Hall–Kier alpha value is -3.36. The molecule has 0 atom stereocenters. The number of amides is 2. The number of pyridine rings is 1. The normalized spacial score (nSPS) is 11.0. The van der Waals surface area contributed by atoms with Crippen LogP contribution in [0.2, 0.25) is 0 Å². The van der Waals surface area contributed by atoms with Crippen molar-refractivity contribution in [3.8, 4) is 0 Å². The van der Waals surface area contributed by atoms with Crippen LogP contribution >= 0.6 is 0 Å². The second-order valence-electron chi connectivity index (χ2n) is 4.69. The standard InChI is InChI=1S/C15H12F2N4O3/c1-8(13-12(14(22)23)3-2-4-18-13)20-21-15(24)19-11-6-9(16)5-10(17)7-11/h2-7H,1H3,(H,22,23)(H2,19,21,24)/p+1/b20-8-. The van der Waals surface area contributed by atoms with Gasteiger partial charge in [0.25, 0.3) is 0 Å². The maximum absolute atomic E-state index is 13.0. The molecule has 1 aromatic heterocycles. The van der Waals surface area contributed by atoms with Crippen molar-refractivity contribution in [2.75, 3.05) is 5.32 Å². The number of H-pyrrole nitrogens is 1. The van der Waals surface area contributed by atoms with Crippen LogP contribution in [0, 0.1) is 11.6 Å². The molecule has 0 saturated carbocycles. The lowest BCUT2D eigenvalue weighted by Gasteiger charge is -2.05. The molecule has 0 saturated heterocycles. The molecule has 2 amide bonds. The monoisotopic (exact) mass is 335 g/mol. The SMILES string of the molecule is C/C(=N/NC(=O)Nc1cc(F)cc(F)c1)c1[nH+]cccc1C(=O)O. The first-order valence-corrected chi connectivity index (χ1v) is 6.68. The van der Waals surface area contributed by atoms with Gasteiger partial charge >= 0.3 is 12.0 Å². The topological polar surface area (TPSA) is 105 Å². The Balaban J connectivity index is 2.10. The van der Waals surface area contributed by atoms with Crippen LogP contribution in [0.1, 0.15) is 23.0 Å². The summed E-state index contributed by atoms with van der Waals surface area (Å²) in [5.41, 5.74) is 2.42. The Morgan fingerprint density at radius 1 is 1.21 bits per heavy atom. The van der Waals surface area contributed by atoms with Gasteiger partial charge in [0.15, 0.2) is 6.20 Å². The highest BCUT2D eigenvalue weighted by atomic mass is 19.1. The van der Waals surface area contributed by atoms with Gasteiger partial charge in [-0.15, -0.1) is 0 Å². The summed E-state index contributed by atoms with van der Waals surface area (Å²) in [5.74, 6) is -2.83. The summed E-state index contributed by atoms with van der Waals surface area (Å²) < 4.78 is 26.1. The van der Waals surface area contributed by atoms with Gasteiger partial charge in [-0.1, -0.05) is 0 Å². The van der Waals surface area contributed by atoms with Gasteiger partial charge < -0.3 is 10.4 Å². The second kappa shape index (κ2) is 7.27. The average Bonchev–Trinajstić information content (AvgIpc) is 2.51. The number of halogens is 2. The third-order valence-corrected chi connectivity index (χ3v) is 2.89. The van der Waals surface area contributed by atoms with Crippen LogP contribution < -0.4 is 15.7 Å². The van der Waals surface area contributed by atoms with Crippen molar-refractivity contribution >= 4 is 23.4 Å². The van der Waals surface area contributed by atoms with Crippen LogP contribution in [0.15, 0.2) is 41.6 Å². The Bertz CT molecular complexity index is 804. The average molecular weight is 335 g/mol. The molecule has 1 aromatic carbocycles. The molecule has 0 bridgehead atoms. The molecule has 0 aliphatic heterocycles. The van der Waals surface area contributed by atoms with Gasteiger partial charge in [0.2, 0.25) is 5.69 Å². The highest BCUT2D eigenvalue weighted by Crippen LogP contribution is 2.12. The van der Waals surface area contributed by atoms with Crippen molar-refractivity contribution < 1.29 is 28.5 Å². The van der Waals surface area contributed by atoms with Crippen LogP contribution in [-0.4, -0.2) is 22.8 Å². The summed E-state index contributed by atoms with van der Waals surface area (Å²) in [4.78, 5) is 25.5. The smallest absolute Gasteiger partial charge is 0.342 e. The van der Waals surface area contributed by atoms with Gasteiger partial charge in [0, 0.05) is 17.8 Å². The molecule has 0 unspecified atom stereocenters. The lowest BCUT2D eigenvalue weighted by molar-refractivity contribution is -0.380. The van der Waals surface area contributed by atoms with Crippen molar-refractivity contribution in [3.05, 3.63) is 59.4 Å². The Morgan fingerprint density at radius 2 is 1.88 bits per heavy atom. The van der Waals surface area contributed by atoms with E-state index in [1.54, 1.807) is 0 Å². The summed E-state index contributed by atoms with van der Waals surface area (Å²) in [7, 11) is 0. The number of aromatic carboxylic acids is 1. The van der Waals surface area contributed by atoms with Gasteiger partial charge in [-0.05, 0) is 25.1 Å². The first-order chi connectivity index (χ1) is 11.4. The number of urea groups is 1. The number of benzene rings is 1. The van der Waals surface area contributed by atoms with E-state index in [9.17, 15) is 18.4 Å². The van der Waals surface area contributed by atoms with Crippen LogP contribution in [0.25, 0.3) is 0 Å². The van der Waals surface area contributed by atoms with Gasteiger partial charge in [-0.3, -0.25) is 0 Å². The van der Waals surface area contributed by atoms with Crippen molar-refractivity contribution in [2.24, 2.45) is 5.10 Å². The number of carboxylic acid groups (broad SMARTS) is 1. The largest absolute Gasteiger partial charge is 0.477 e. The molecule has 0 fully saturated rings. The minimum atomic E-state index is -1.16. The first kappa shape index (κ1) is 17.0.